The van der Waals surface area contributed by atoms with E-state index in [9.17, 15) is 12.8 Å². The first-order valence-electron chi connectivity index (χ1n) is 7.73. The van der Waals surface area contributed by atoms with E-state index in [0.29, 0.717) is 30.2 Å². The summed E-state index contributed by atoms with van der Waals surface area (Å²) in [6.07, 6.45) is 0.459. The Kier molecular flexibility index (Phi) is 5.12. The zero-order valence-corrected chi connectivity index (χ0v) is 14.8. The molecule has 0 aliphatic heterocycles. The SMILES string of the molecule is COCCc1nc(-c2ccc(S(N)(=O)=O)cc2)n(-c2ccccc2F)n1. The first-order valence-corrected chi connectivity index (χ1v) is 9.28. The summed E-state index contributed by atoms with van der Waals surface area (Å²) in [6.45, 7) is 0.422. The molecule has 1 aromatic heterocycles. The fraction of sp³-hybridized carbons (Fsp3) is 0.176. The molecule has 0 fully saturated rings. The average molecular weight is 376 g/mol. The lowest BCUT2D eigenvalue weighted by atomic mass is 10.2. The van der Waals surface area contributed by atoms with Crippen LogP contribution >= 0.6 is 0 Å². The van der Waals surface area contributed by atoms with E-state index in [0.717, 1.165) is 0 Å². The van der Waals surface area contributed by atoms with Crippen molar-refractivity contribution in [2.45, 2.75) is 11.3 Å². The molecule has 0 saturated carbocycles. The standard InChI is InChI=1S/C17H17FN4O3S/c1-25-11-10-16-20-17(12-6-8-13(9-7-12)26(19,23)24)22(21-16)15-5-3-2-4-14(15)18/h2-9H,10-11H2,1H3,(H2,19,23,24). The van der Waals surface area contributed by atoms with Gasteiger partial charge in [0, 0.05) is 19.1 Å². The summed E-state index contributed by atoms with van der Waals surface area (Å²) in [6, 6.07) is 12.1. The number of nitrogens with two attached hydrogens (primary N) is 1. The summed E-state index contributed by atoms with van der Waals surface area (Å²) in [5, 5.41) is 9.49. The second kappa shape index (κ2) is 7.32. The van der Waals surface area contributed by atoms with Gasteiger partial charge in [-0.3, -0.25) is 0 Å². The van der Waals surface area contributed by atoms with Gasteiger partial charge < -0.3 is 4.74 Å². The topological polar surface area (TPSA) is 100 Å². The summed E-state index contributed by atoms with van der Waals surface area (Å²) < 4.78 is 43.5. The summed E-state index contributed by atoms with van der Waals surface area (Å²) in [5.41, 5.74) is 0.825. The Morgan fingerprint density at radius 1 is 1.15 bits per heavy atom. The monoisotopic (exact) mass is 376 g/mol. The van der Waals surface area contributed by atoms with Crippen LogP contribution in [0.25, 0.3) is 17.1 Å². The van der Waals surface area contributed by atoms with Gasteiger partial charge in [-0.15, -0.1) is 0 Å². The third kappa shape index (κ3) is 3.79. The fourth-order valence-electron chi connectivity index (χ4n) is 2.43. The molecule has 0 amide bonds. The molecule has 1 heterocycles. The van der Waals surface area contributed by atoms with Gasteiger partial charge in [-0.2, -0.15) is 5.10 Å². The number of nitrogens with zero attached hydrogens (tertiary/aromatic N) is 3. The Labute approximate surface area is 150 Å². The molecule has 3 rings (SSSR count). The quantitative estimate of drug-likeness (QED) is 0.708. The van der Waals surface area contributed by atoms with Gasteiger partial charge in [-0.25, -0.2) is 27.6 Å². The molecule has 136 valence electrons. The lowest BCUT2D eigenvalue weighted by Crippen LogP contribution is -2.11. The second-order valence-corrected chi connectivity index (χ2v) is 7.09. The fourth-order valence-corrected chi connectivity index (χ4v) is 2.94. The molecule has 3 aromatic rings. The van der Waals surface area contributed by atoms with Gasteiger partial charge in [-0.1, -0.05) is 12.1 Å². The number of benzene rings is 2. The Hall–Kier alpha value is -2.62. The van der Waals surface area contributed by atoms with Crippen LogP contribution in [0.3, 0.4) is 0 Å². The number of ether oxygens (including phenoxy) is 1. The molecule has 0 spiro atoms. The molecule has 9 heteroatoms. The summed E-state index contributed by atoms with van der Waals surface area (Å²) >= 11 is 0. The predicted octanol–water partition coefficient (Wildman–Crippen LogP) is 1.91. The minimum absolute atomic E-state index is 0.0159. The number of aromatic nitrogens is 3. The molecule has 7 nitrogen and oxygen atoms in total. The van der Waals surface area contributed by atoms with Crippen LogP contribution in [0.15, 0.2) is 53.4 Å². The molecule has 0 aliphatic carbocycles. The summed E-state index contributed by atoms with van der Waals surface area (Å²) in [7, 11) is -2.23. The molecule has 0 radical (unpaired) electrons. The predicted molar refractivity (Wildman–Crippen MR) is 93.7 cm³/mol. The van der Waals surface area contributed by atoms with Crippen molar-refractivity contribution in [1.29, 1.82) is 0 Å². The molecule has 0 aliphatic rings. The van der Waals surface area contributed by atoms with E-state index in [-0.39, 0.29) is 10.6 Å². The van der Waals surface area contributed by atoms with E-state index < -0.39 is 15.8 Å². The number of hydrogen-bond donors (Lipinski definition) is 1. The van der Waals surface area contributed by atoms with E-state index in [1.807, 2.05) is 0 Å². The van der Waals surface area contributed by atoms with Crippen molar-refractivity contribution in [2.24, 2.45) is 5.14 Å². The van der Waals surface area contributed by atoms with Crippen molar-refractivity contribution in [2.75, 3.05) is 13.7 Å². The second-order valence-electron chi connectivity index (χ2n) is 5.53. The van der Waals surface area contributed by atoms with Crippen LogP contribution in [0.5, 0.6) is 0 Å². The number of para-hydroxylation sites is 1. The van der Waals surface area contributed by atoms with E-state index in [1.165, 1.54) is 22.9 Å². The van der Waals surface area contributed by atoms with Crippen molar-refractivity contribution in [3.63, 3.8) is 0 Å². The van der Waals surface area contributed by atoms with Crippen molar-refractivity contribution in [3.05, 3.63) is 60.2 Å². The zero-order valence-electron chi connectivity index (χ0n) is 14.0. The first kappa shape index (κ1) is 18.2. The number of halogens is 1. The van der Waals surface area contributed by atoms with Gasteiger partial charge in [0.1, 0.15) is 11.5 Å². The highest BCUT2D eigenvalue weighted by molar-refractivity contribution is 7.89. The first-order chi connectivity index (χ1) is 12.4. The molecule has 0 atom stereocenters. The van der Waals surface area contributed by atoms with Gasteiger partial charge >= 0.3 is 0 Å². The highest BCUT2D eigenvalue weighted by Crippen LogP contribution is 2.24. The Bertz CT molecular complexity index is 1020. The van der Waals surface area contributed by atoms with Gasteiger partial charge in [0.25, 0.3) is 0 Å². The molecule has 26 heavy (non-hydrogen) atoms. The van der Waals surface area contributed by atoms with Crippen LogP contribution in [0, 0.1) is 5.82 Å². The number of hydrogen-bond acceptors (Lipinski definition) is 5. The Morgan fingerprint density at radius 2 is 1.85 bits per heavy atom. The molecule has 0 saturated heterocycles. The number of methoxy groups -OCH3 is 1. The van der Waals surface area contributed by atoms with E-state index in [2.05, 4.69) is 10.1 Å². The van der Waals surface area contributed by atoms with Crippen LogP contribution in [-0.4, -0.2) is 36.9 Å². The van der Waals surface area contributed by atoms with Crippen molar-refractivity contribution in [1.82, 2.24) is 14.8 Å². The minimum Gasteiger partial charge on any atom is -0.384 e. The van der Waals surface area contributed by atoms with Crippen LogP contribution < -0.4 is 5.14 Å². The molecule has 2 aromatic carbocycles. The van der Waals surface area contributed by atoms with E-state index in [4.69, 9.17) is 9.88 Å². The van der Waals surface area contributed by atoms with Crippen LogP contribution in [0.4, 0.5) is 4.39 Å². The van der Waals surface area contributed by atoms with Gasteiger partial charge in [-0.05, 0) is 36.4 Å². The van der Waals surface area contributed by atoms with Crippen LogP contribution in [-0.2, 0) is 21.2 Å². The molecular weight excluding hydrogens is 359 g/mol. The van der Waals surface area contributed by atoms with Crippen molar-refractivity contribution < 1.29 is 17.5 Å². The zero-order chi connectivity index (χ0) is 18.7. The average Bonchev–Trinajstić information content (AvgIpc) is 3.03. The van der Waals surface area contributed by atoms with E-state index >= 15 is 0 Å². The third-order valence-corrected chi connectivity index (χ3v) is 4.63. The van der Waals surface area contributed by atoms with Gasteiger partial charge in [0.2, 0.25) is 10.0 Å². The van der Waals surface area contributed by atoms with E-state index in [1.54, 1.807) is 37.4 Å². The maximum Gasteiger partial charge on any atom is 0.238 e. The smallest absolute Gasteiger partial charge is 0.238 e. The minimum atomic E-state index is -3.80. The van der Waals surface area contributed by atoms with Crippen molar-refractivity contribution >= 4 is 10.0 Å². The highest BCUT2D eigenvalue weighted by atomic mass is 32.2. The Morgan fingerprint density at radius 3 is 2.46 bits per heavy atom. The molecular formula is C17H17FN4O3S. The van der Waals surface area contributed by atoms with Gasteiger partial charge in [0.05, 0.1) is 11.5 Å². The maximum absolute atomic E-state index is 14.2. The third-order valence-electron chi connectivity index (χ3n) is 3.70. The number of rotatable bonds is 6. The van der Waals surface area contributed by atoms with Crippen molar-refractivity contribution in [3.8, 4) is 17.1 Å². The van der Waals surface area contributed by atoms with Gasteiger partial charge in [0.15, 0.2) is 11.6 Å². The summed E-state index contributed by atoms with van der Waals surface area (Å²) in [4.78, 5) is 4.44. The lowest BCUT2D eigenvalue weighted by Gasteiger charge is -2.07. The largest absolute Gasteiger partial charge is 0.384 e. The number of primary sulfonamides is 1. The van der Waals surface area contributed by atoms with Crippen LogP contribution in [0.1, 0.15) is 5.82 Å². The lowest BCUT2D eigenvalue weighted by molar-refractivity contribution is 0.200. The number of sulfonamides is 1. The molecule has 0 unspecified atom stereocenters. The summed E-state index contributed by atoms with van der Waals surface area (Å²) in [5.74, 6) is 0.431. The highest BCUT2D eigenvalue weighted by Gasteiger charge is 2.17. The molecule has 2 N–H and O–H groups in total. The normalized spacial score (nSPS) is 11.7. The van der Waals surface area contributed by atoms with Crippen LogP contribution in [0.2, 0.25) is 0 Å². The molecule has 0 bridgehead atoms. The maximum atomic E-state index is 14.2. The Balaban J connectivity index is 2.10.